The number of fused-ring (bicyclic) bond motifs is 1. The Morgan fingerprint density at radius 1 is 1.47 bits per heavy atom. The number of aliphatic carboxylic acids is 1. The first kappa shape index (κ1) is 13.0. The van der Waals surface area contributed by atoms with E-state index in [1.807, 2.05) is 0 Å². The summed E-state index contributed by atoms with van der Waals surface area (Å²) in [4.78, 5) is 12.7. The Morgan fingerprint density at radius 2 is 2.12 bits per heavy atom. The van der Waals surface area contributed by atoms with Gasteiger partial charge in [0.05, 0.1) is 0 Å². The summed E-state index contributed by atoms with van der Waals surface area (Å²) in [5.41, 5.74) is 1.80. The zero-order valence-corrected chi connectivity index (χ0v) is 11.9. The second-order valence-electron chi connectivity index (χ2n) is 6.41. The third kappa shape index (κ3) is 2.40. The molecule has 0 aromatic heterocycles. The van der Waals surface area contributed by atoms with E-state index in [0.717, 1.165) is 19.3 Å². The molecule has 96 valence electrons. The molecule has 2 rings (SSSR count). The molecule has 0 spiro atoms. The van der Waals surface area contributed by atoms with Crippen molar-refractivity contribution >= 4 is 17.7 Å². The monoisotopic (exact) mass is 254 g/mol. The second-order valence-corrected chi connectivity index (χ2v) is 7.59. The van der Waals surface area contributed by atoms with Gasteiger partial charge in [0.25, 0.3) is 0 Å². The maximum absolute atomic E-state index is 11.3. The molecule has 2 aliphatic rings. The van der Waals surface area contributed by atoms with Gasteiger partial charge in [-0.1, -0.05) is 33.3 Å². The normalized spacial score (nSPS) is 31.8. The quantitative estimate of drug-likeness (QED) is 0.811. The molecule has 1 aliphatic carbocycles. The lowest BCUT2D eigenvalue weighted by atomic mass is 9.69. The maximum Gasteiger partial charge on any atom is 0.317 e. The molecule has 3 heteroatoms. The van der Waals surface area contributed by atoms with Gasteiger partial charge in [-0.25, -0.2) is 0 Å². The minimum Gasteiger partial charge on any atom is -0.480 e. The number of hydrogen-bond acceptors (Lipinski definition) is 2. The highest BCUT2D eigenvalue weighted by molar-refractivity contribution is 8.04. The van der Waals surface area contributed by atoms with Crippen LogP contribution in [-0.4, -0.2) is 16.3 Å². The van der Waals surface area contributed by atoms with Crippen LogP contribution in [0.1, 0.15) is 47.0 Å². The van der Waals surface area contributed by atoms with E-state index in [9.17, 15) is 9.90 Å². The predicted octanol–water partition coefficient (Wildman–Crippen LogP) is 3.92. The average molecular weight is 254 g/mol. The van der Waals surface area contributed by atoms with E-state index in [-0.39, 0.29) is 5.25 Å². The number of carboxylic acids is 1. The Balaban J connectivity index is 2.32. The molecular formula is C14H22O2S. The average Bonchev–Trinajstić information content (AvgIpc) is 2.54. The lowest BCUT2D eigenvalue weighted by Crippen LogP contribution is -2.30. The van der Waals surface area contributed by atoms with Crippen LogP contribution >= 0.6 is 11.8 Å². The van der Waals surface area contributed by atoms with Crippen molar-refractivity contribution in [3.63, 3.8) is 0 Å². The lowest BCUT2D eigenvalue weighted by Gasteiger charge is -2.36. The van der Waals surface area contributed by atoms with Crippen LogP contribution in [0, 0.1) is 17.3 Å². The van der Waals surface area contributed by atoms with E-state index in [0.29, 0.717) is 17.3 Å². The fraction of sp³-hybridized carbons (Fsp3) is 0.786. The summed E-state index contributed by atoms with van der Waals surface area (Å²) in [6.07, 6.45) is 3.28. The Labute approximate surface area is 108 Å². The highest BCUT2D eigenvalue weighted by Crippen LogP contribution is 2.55. The molecular weight excluding hydrogens is 232 g/mol. The summed E-state index contributed by atoms with van der Waals surface area (Å²) in [5, 5.41) is 9.11. The van der Waals surface area contributed by atoms with E-state index in [2.05, 4.69) is 27.7 Å². The number of carbonyl (C=O) groups is 1. The van der Waals surface area contributed by atoms with Crippen molar-refractivity contribution in [3.05, 3.63) is 10.5 Å². The third-order valence-electron chi connectivity index (χ3n) is 3.95. The van der Waals surface area contributed by atoms with Crippen LogP contribution in [0.2, 0.25) is 0 Å². The van der Waals surface area contributed by atoms with Crippen LogP contribution in [0.25, 0.3) is 0 Å². The summed E-state index contributed by atoms with van der Waals surface area (Å²) in [6.45, 7) is 8.95. The first-order valence-electron chi connectivity index (χ1n) is 6.44. The van der Waals surface area contributed by atoms with E-state index >= 15 is 0 Å². The SMILES string of the molecule is CC(C)C1=C2CC(C)(C)CCC2C(C(=O)O)S1. The maximum atomic E-state index is 11.3. The van der Waals surface area contributed by atoms with Gasteiger partial charge in [0, 0.05) is 5.92 Å². The first-order chi connectivity index (χ1) is 7.82. The van der Waals surface area contributed by atoms with Gasteiger partial charge in [-0.3, -0.25) is 4.79 Å². The van der Waals surface area contributed by atoms with Gasteiger partial charge in [-0.2, -0.15) is 0 Å². The first-order valence-corrected chi connectivity index (χ1v) is 7.32. The van der Waals surface area contributed by atoms with Crippen molar-refractivity contribution in [2.24, 2.45) is 17.3 Å². The smallest absolute Gasteiger partial charge is 0.317 e. The Kier molecular flexibility index (Phi) is 3.32. The van der Waals surface area contributed by atoms with Gasteiger partial charge in [0.15, 0.2) is 0 Å². The molecule has 0 bridgehead atoms. The molecule has 0 aromatic rings. The van der Waals surface area contributed by atoms with Crippen LogP contribution < -0.4 is 0 Å². The summed E-state index contributed by atoms with van der Waals surface area (Å²) < 4.78 is 0. The summed E-state index contributed by atoms with van der Waals surface area (Å²) in [6, 6.07) is 0. The fourth-order valence-corrected chi connectivity index (χ4v) is 4.57. The molecule has 0 radical (unpaired) electrons. The standard InChI is InChI=1S/C14H22O2S/c1-8(2)11-10-7-14(3,4)6-5-9(10)12(17-11)13(15)16/h8-9,12H,5-7H2,1-4H3,(H,15,16). The van der Waals surface area contributed by atoms with Crippen molar-refractivity contribution in [2.75, 3.05) is 0 Å². The van der Waals surface area contributed by atoms with Gasteiger partial charge in [-0.15, -0.1) is 11.8 Å². The minimum atomic E-state index is -0.632. The fourth-order valence-electron chi connectivity index (χ4n) is 3.08. The molecule has 1 saturated carbocycles. The molecule has 2 unspecified atom stereocenters. The van der Waals surface area contributed by atoms with Crippen LogP contribution in [0.4, 0.5) is 0 Å². The topological polar surface area (TPSA) is 37.3 Å². The largest absolute Gasteiger partial charge is 0.480 e. The number of thioether (sulfide) groups is 1. The van der Waals surface area contributed by atoms with Crippen molar-refractivity contribution in [1.29, 1.82) is 0 Å². The van der Waals surface area contributed by atoms with Crippen LogP contribution in [0.15, 0.2) is 10.5 Å². The van der Waals surface area contributed by atoms with Crippen molar-refractivity contribution in [3.8, 4) is 0 Å². The van der Waals surface area contributed by atoms with Gasteiger partial charge in [0.1, 0.15) is 5.25 Å². The minimum absolute atomic E-state index is 0.224. The summed E-state index contributed by atoms with van der Waals surface area (Å²) in [5.74, 6) is 0.131. The van der Waals surface area contributed by atoms with E-state index in [4.69, 9.17) is 0 Å². The van der Waals surface area contributed by atoms with Gasteiger partial charge >= 0.3 is 5.97 Å². The van der Waals surface area contributed by atoms with Crippen molar-refractivity contribution < 1.29 is 9.90 Å². The highest BCUT2D eigenvalue weighted by atomic mass is 32.2. The van der Waals surface area contributed by atoms with E-state index in [1.165, 1.54) is 10.5 Å². The van der Waals surface area contributed by atoms with Crippen LogP contribution in [0.5, 0.6) is 0 Å². The molecule has 17 heavy (non-hydrogen) atoms. The molecule has 1 aliphatic heterocycles. The van der Waals surface area contributed by atoms with Gasteiger partial charge < -0.3 is 5.11 Å². The van der Waals surface area contributed by atoms with E-state index in [1.54, 1.807) is 11.8 Å². The Morgan fingerprint density at radius 3 is 2.65 bits per heavy atom. The Hall–Kier alpha value is -0.440. The molecule has 1 heterocycles. The summed E-state index contributed by atoms with van der Waals surface area (Å²) >= 11 is 1.61. The van der Waals surface area contributed by atoms with Crippen LogP contribution in [-0.2, 0) is 4.79 Å². The number of hydrogen-bond donors (Lipinski definition) is 1. The molecule has 2 nitrogen and oxygen atoms in total. The van der Waals surface area contributed by atoms with E-state index < -0.39 is 5.97 Å². The molecule has 0 aromatic carbocycles. The predicted molar refractivity (Wildman–Crippen MR) is 72.0 cm³/mol. The van der Waals surface area contributed by atoms with Crippen LogP contribution in [0.3, 0.4) is 0 Å². The molecule has 1 N–H and O–H groups in total. The van der Waals surface area contributed by atoms with Gasteiger partial charge in [-0.05, 0) is 35.5 Å². The molecule has 2 atom stereocenters. The second kappa shape index (κ2) is 4.34. The number of rotatable bonds is 2. The zero-order chi connectivity index (χ0) is 12.8. The lowest BCUT2D eigenvalue weighted by molar-refractivity contribution is -0.137. The van der Waals surface area contributed by atoms with Crippen molar-refractivity contribution in [1.82, 2.24) is 0 Å². The molecule has 0 saturated heterocycles. The third-order valence-corrected chi connectivity index (χ3v) is 5.72. The number of allylic oxidation sites excluding steroid dienone is 2. The van der Waals surface area contributed by atoms with Gasteiger partial charge in [0.2, 0.25) is 0 Å². The number of carboxylic acid groups (broad SMARTS) is 1. The Bertz CT molecular complexity index is 368. The molecule has 0 amide bonds. The zero-order valence-electron chi connectivity index (χ0n) is 11.1. The highest BCUT2D eigenvalue weighted by Gasteiger charge is 2.45. The molecule has 1 fully saturated rings. The van der Waals surface area contributed by atoms with Crippen molar-refractivity contribution in [2.45, 2.75) is 52.2 Å². The summed E-state index contributed by atoms with van der Waals surface area (Å²) in [7, 11) is 0.